The van der Waals surface area contributed by atoms with E-state index in [0.717, 1.165) is 41.7 Å². The maximum atomic E-state index is 11.2. The summed E-state index contributed by atoms with van der Waals surface area (Å²) in [5, 5.41) is 20.5. The molecule has 4 heterocycles. The summed E-state index contributed by atoms with van der Waals surface area (Å²) in [7, 11) is 1.66. The molecule has 3 aromatic rings. The van der Waals surface area contributed by atoms with Gasteiger partial charge < -0.3 is 14.9 Å². The zero-order chi connectivity index (χ0) is 23.4. The third-order valence-electron chi connectivity index (χ3n) is 6.84. The molecule has 3 aliphatic heterocycles. The molecule has 2 bridgehead atoms. The number of methoxy groups -OCH3 is 1. The lowest BCUT2D eigenvalue weighted by molar-refractivity contribution is -0.0444. The highest BCUT2D eigenvalue weighted by atomic mass is 16.5. The quantitative estimate of drug-likeness (QED) is 0.559. The number of carbonyl (C=O) groups is 1. The molecule has 0 aliphatic carbocycles. The second-order valence-electron chi connectivity index (χ2n) is 8.65. The number of hydrogen-bond donors (Lipinski definition) is 2. The Kier molecular flexibility index (Phi) is 7.06. The summed E-state index contributed by atoms with van der Waals surface area (Å²) in [6, 6.07) is 16.3. The van der Waals surface area contributed by atoms with Gasteiger partial charge in [0, 0.05) is 24.2 Å². The molecule has 5 atom stereocenters. The number of benzene rings is 2. The molecule has 6 nitrogen and oxygen atoms in total. The van der Waals surface area contributed by atoms with Gasteiger partial charge in [-0.2, -0.15) is 0 Å². The normalized spacial score (nSPS) is 24.4. The summed E-state index contributed by atoms with van der Waals surface area (Å²) in [6.07, 6.45) is 5.62. The van der Waals surface area contributed by atoms with E-state index in [2.05, 4.69) is 22.5 Å². The number of piperidine rings is 3. The molecular weight excluding hydrogens is 416 g/mol. The molecule has 172 valence electrons. The molecule has 0 radical (unpaired) electrons. The molecule has 3 fully saturated rings. The van der Waals surface area contributed by atoms with Crippen LogP contribution in [0.1, 0.15) is 34.9 Å². The van der Waals surface area contributed by atoms with Gasteiger partial charge in [-0.25, -0.2) is 4.79 Å². The lowest BCUT2D eigenvalue weighted by Crippen LogP contribution is -2.54. The molecule has 1 aromatic heterocycles. The van der Waals surface area contributed by atoms with Crippen LogP contribution in [-0.4, -0.2) is 52.3 Å². The van der Waals surface area contributed by atoms with E-state index >= 15 is 0 Å². The van der Waals surface area contributed by atoms with Crippen molar-refractivity contribution >= 4 is 16.9 Å². The number of nitrogens with zero attached hydrogens (tertiary/aromatic N) is 2. The number of rotatable bonds is 5. The van der Waals surface area contributed by atoms with Crippen molar-refractivity contribution in [2.45, 2.75) is 25.0 Å². The molecule has 0 spiro atoms. The van der Waals surface area contributed by atoms with Crippen molar-refractivity contribution in [3.63, 3.8) is 0 Å². The highest BCUT2D eigenvalue weighted by Gasteiger charge is 2.42. The topological polar surface area (TPSA) is 82.9 Å². The van der Waals surface area contributed by atoms with Gasteiger partial charge in [0.1, 0.15) is 5.75 Å². The summed E-state index contributed by atoms with van der Waals surface area (Å²) >= 11 is 0. The summed E-state index contributed by atoms with van der Waals surface area (Å²) in [5.41, 5.74) is 2.18. The van der Waals surface area contributed by atoms with Crippen LogP contribution in [-0.2, 0) is 0 Å². The number of pyridine rings is 1. The minimum atomic E-state index is -0.879. The average Bonchev–Trinajstić information content (AvgIpc) is 2.88. The van der Waals surface area contributed by atoms with Crippen molar-refractivity contribution in [3.05, 3.63) is 84.6 Å². The second kappa shape index (κ2) is 10.1. The Labute approximate surface area is 194 Å². The predicted molar refractivity (Wildman–Crippen MR) is 128 cm³/mol. The van der Waals surface area contributed by atoms with Crippen LogP contribution in [0.5, 0.6) is 5.75 Å². The standard InChI is InChI=1S/C20H24N2O2.C7H6O2/c1-3-13-12-22-9-7-14(13)10-19(22)20(23)16-6-8-21-18-5-4-15(24-2)11-17(16)18;8-7(9)6-4-2-1-3-5-6/h3-6,8,11,13-14,19-20,23H,1,7,9-10,12H2,2H3;1-5H,(H,8,9)/t13-,14?,19-,20-;/m0./s1. The third-order valence-corrected chi connectivity index (χ3v) is 6.84. The number of aromatic carboxylic acids is 1. The van der Waals surface area contributed by atoms with Gasteiger partial charge in [0.2, 0.25) is 0 Å². The molecule has 3 aliphatic rings. The van der Waals surface area contributed by atoms with Crippen molar-refractivity contribution < 1.29 is 19.7 Å². The molecule has 0 saturated carbocycles. The van der Waals surface area contributed by atoms with Crippen molar-refractivity contribution in [3.8, 4) is 5.75 Å². The smallest absolute Gasteiger partial charge is 0.335 e. The first-order valence-electron chi connectivity index (χ1n) is 11.3. The van der Waals surface area contributed by atoms with Crippen LogP contribution in [0.25, 0.3) is 10.9 Å². The van der Waals surface area contributed by atoms with Gasteiger partial charge in [-0.05, 0) is 73.2 Å². The van der Waals surface area contributed by atoms with Gasteiger partial charge in [-0.15, -0.1) is 6.58 Å². The Morgan fingerprint density at radius 1 is 1.24 bits per heavy atom. The first-order chi connectivity index (χ1) is 16.0. The first-order valence-corrected chi connectivity index (χ1v) is 11.3. The summed E-state index contributed by atoms with van der Waals surface area (Å²) in [6.45, 7) is 6.07. The maximum Gasteiger partial charge on any atom is 0.335 e. The minimum Gasteiger partial charge on any atom is -0.497 e. The highest BCUT2D eigenvalue weighted by Crippen LogP contribution is 2.42. The Morgan fingerprint density at radius 2 is 2.03 bits per heavy atom. The summed E-state index contributed by atoms with van der Waals surface area (Å²) < 4.78 is 5.35. The van der Waals surface area contributed by atoms with E-state index in [1.807, 2.05) is 24.3 Å². The number of aliphatic hydroxyl groups is 1. The molecule has 2 N–H and O–H groups in total. The van der Waals surface area contributed by atoms with Crippen molar-refractivity contribution in [1.29, 1.82) is 0 Å². The molecule has 6 rings (SSSR count). The van der Waals surface area contributed by atoms with Crippen LogP contribution in [0, 0.1) is 11.8 Å². The third kappa shape index (κ3) is 4.92. The van der Waals surface area contributed by atoms with Crippen LogP contribution in [0.3, 0.4) is 0 Å². The van der Waals surface area contributed by atoms with Crippen molar-refractivity contribution in [2.24, 2.45) is 11.8 Å². The first kappa shape index (κ1) is 23.0. The lowest BCUT2D eigenvalue weighted by atomic mass is 9.73. The molecule has 0 amide bonds. The SMILES string of the molecule is C=C[C@H]1CN2CCC1C[C@H]2[C@@H](O)c1ccnc2ccc(OC)cc12.O=C(O)c1ccccc1. The molecule has 2 unspecified atom stereocenters. The fraction of sp³-hybridized carbons (Fsp3) is 0.333. The molecule has 2 aromatic carbocycles. The Morgan fingerprint density at radius 3 is 2.64 bits per heavy atom. The van der Waals surface area contributed by atoms with E-state index in [4.69, 9.17) is 9.84 Å². The van der Waals surface area contributed by atoms with E-state index in [9.17, 15) is 9.90 Å². The number of fused-ring (bicyclic) bond motifs is 4. The number of ether oxygens (including phenoxy) is 1. The summed E-state index contributed by atoms with van der Waals surface area (Å²) in [4.78, 5) is 17.1. The van der Waals surface area contributed by atoms with E-state index in [-0.39, 0.29) is 6.04 Å². The lowest BCUT2D eigenvalue weighted by Gasteiger charge is -2.50. The largest absolute Gasteiger partial charge is 0.497 e. The molecule has 33 heavy (non-hydrogen) atoms. The number of aromatic nitrogens is 1. The van der Waals surface area contributed by atoms with Crippen molar-refractivity contribution in [1.82, 2.24) is 9.88 Å². The van der Waals surface area contributed by atoms with Gasteiger partial charge >= 0.3 is 5.97 Å². The zero-order valence-corrected chi connectivity index (χ0v) is 18.8. The van der Waals surface area contributed by atoms with Gasteiger partial charge in [-0.3, -0.25) is 9.88 Å². The predicted octanol–water partition coefficient (Wildman–Crippen LogP) is 4.56. The van der Waals surface area contributed by atoms with Gasteiger partial charge in [0.15, 0.2) is 0 Å². The van der Waals surface area contributed by atoms with Gasteiger partial charge in [0.05, 0.1) is 24.3 Å². The van der Waals surface area contributed by atoms with Crippen LogP contribution in [0.2, 0.25) is 0 Å². The Hall–Kier alpha value is -3.22. The van der Waals surface area contributed by atoms with Crippen LogP contribution < -0.4 is 4.74 Å². The minimum absolute atomic E-state index is 0.178. The molecule has 3 saturated heterocycles. The number of carboxylic acids is 1. The maximum absolute atomic E-state index is 11.2. The second-order valence-corrected chi connectivity index (χ2v) is 8.65. The van der Waals surface area contributed by atoms with E-state index in [0.29, 0.717) is 17.4 Å². The summed E-state index contributed by atoms with van der Waals surface area (Å²) in [5.74, 6) is 1.13. The zero-order valence-electron chi connectivity index (χ0n) is 18.8. The van der Waals surface area contributed by atoms with Crippen LogP contribution in [0.4, 0.5) is 0 Å². The van der Waals surface area contributed by atoms with E-state index in [1.54, 1.807) is 43.6 Å². The van der Waals surface area contributed by atoms with Gasteiger partial charge in [-0.1, -0.05) is 24.3 Å². The van der Waals surface area contributed by atoms with Crippen molar-refractivity contribution in [2.75, 3.05) is 20.2 Å². The van der Waals surface area contributed by atoms with Gasteiger partial charge in [0.25, 0.3) is 0 Å². The van der Waals surface area contributed by atoms with Crippen LogP contribution in [0.15, 0.2) is 73.4 Å². The van der Waals surface area contributed by atoms with E-state index < -0.39 is 12.1 Å². The molecule has 6 heteroatoms. The Bertz CT molecular complexity index is 1120. The number of hydrogen-bond acceptors (Lipinski definition) is 5. The average molecular weight is 447 g/mol. The molecular formula is C27H30N2O4. The fourth-order valence-electron chi connectivity index (χ4n) is 5.03. The fourth-order valence-corrected chi connectivity index (χ4v) is 5.03. The number of aliphatic hydroxyl groups excluding tert-OH is 1. The monoisotopic (exact) mass is 446 g/mol. The number of carboxylic acid groups (broad SMARTS) is 1. The Balaban J connectivity index is 0.000000243. The highest BCUT2D eigenvalue weighted by molar-refractivity contribution is 5.87. The van der Waals surface area contributed by atoms with E-state index in [1.165, 1.54) is 6.42 Å². The van der Waals surface area contributed by atoms with Crippen LogP contribution >= 0.6 is 0 Å².